The summed E-state index contributed by atoms with van der Waals surface area (Å²) in [6.45, 7) is 2.48. The molecule has 158 valence electrons. The van der Waals surface area contributed by atoms with Gasteiger partial charge in [-0.15, -0.1) is 0 Å². The Balaban J connectivity index is 1.55. The number of rotatable bonds is 7. The molecule has 1 amide bonds. The molecule has 4 rings (SSSR count). The van der Waals surface area contributed by atoms with Gasteiger partial charge in [0, 0.05) is 0 Å². The number of carbonyl (C=O) groups is 1. The number of hydrogen-bond donors (Lipinski definition) is 1. The molecule has 0 aliphatic carbocycles. The van der Waals surface area contributed by atoms with Crippen LogP contribution in [0.2, 0.25) is 0 Å². The Kier molecular flexibility index (Phi) is 6.18. The second-order valence-electron chi connectivity index (χ2n) is 6.95. The highest BCUT2D eigenvalue weighted by molar-refractivity contribution is 8.26. The molecule has 0 bridgehead atoms. The number of thioether (sulfide) groups is 1. The molecule has 2 aromatic rings. The second-order valence-corrected chi connectivity index (χ2v) is 7.99. The summed E-state index contributed by atoms with van der Waals surface area (Å²) in [6, 6.07) is 15.3. The monoisotopic (exact) mass is 434 g/mol. The van der Waals surface area contributed by atoms with Crippen molar-refractivity contribution in [3.05, 3.63) is 65.2 Å². The number of methoxy groups -OCH3 is 1. The summed E-state index contributed by atoms with van der Waals surface area (Å²) in [5.41, 5.74) is 1.95. The number of amides is 1. The lowest BCUT2D eigenvalue weighted by atomic mass is 10.1. The Morgan fingerprint density at radius 1 is 1.16 bits per heavy atom. The number of aliphatic imine (C=N–C) groups is 1. The van der Waals surface area contributed by atoms with Gasteiger partial charge in [-0.2, -0.15) is 15.1 Å². The highest BCUT2D eigenvalue weighted by atomic mass is 32.2. The fraction of sp³-hybridized carbons (Fsp3) is 0.217. The maximum atomic E-state index is 12.6. The number of hydrogen-bond acceptors (Lipinski definition) is 6. The lowest BCUT2D eigenvalue weighted by Crippen LogP contribution is -2.35. The lowest BCUT2D eigenvalue weighted by molar-refractivity contribution is -0.114. The van der Waals surface area contributed by atoms with Crippen LogP contribution in [-0.2, 0) is 11.4 Å². The van der Waals surface area contributed by atoms with E-state index in [1.54, 1.807) is 25.3 Å². The molecule has 2 aliphatic rings. The molecule has 7 nitrogen and oxygen atoms in total. The smallest absolute Gasteiger partial charge is 0.283 e. The first-order valence-electron chi connectivity index (χ1n) is 9.93. The van der Waals surface area contributed by atoms with Crippen LogP contribution in [0.4, 0.5) is 0 Å². The van der Waals surface area contributed by atoms with Crippen LogP contribution < -0.4 is 9.47 Å². The van der Waals surface area contributed by atoms with E-state index in [9.17, 15) is 4.79 Å². The first-order valence-corrected chi connectivity index (χ1v) is 10.7. The highest BCUT2D eigenvalue weighted by Crippen LogP contribution is 2.32. The van der Waals surface area contributed by atoms with Gasteiger partial charge in [0.05, 0.1) is 12.7 Å². The molecule has 0 aromatic heterocycles. The molecule has 0 atom stereocenters. The van der Waals surface area contributed by atoms with Crippen molar-refractivity contribution in [3.63, 3.8) is 0 Å². The number of benzene rings is 2. The first-order chi connectivity index (χ1) is 15.1. The summed E-state index contributed by atoms with van der Waals surface area (Å²) in [4.78, 5) is 16.7. The fourth-order valence-corrected chi connectivity index (χ4v) is 4.13. The molecule has 1 N–H and O–H groups in total. The summed E-state index contributed by atoms with van der Waals surface area (Å²) in [7, 11) is 1.57. The maximum absolute atomic E-state index is 12.6. The zero-order valence-electron chi connectivity index (χ0n) is 17.3. The normalized spacial score (nSPS) is 16.8. The minimum absolute atomic E-state index is 0.0250. The summed E-state index contributed by atoms with van der Waals surface area (Å²) >= 11 is 1.35. The van der Waals surface area contributed by atoms with Gasteiger partial charge in [0.15, 0.2) is 17.3 Å². The van der Waals surface area contributed by atoms with Gasteiger partial charge in [-0.05, 0) is 53.9 Å². The standard InChI is InChI=1S/C23H22N4O3S/c1-3-7-20-26-27-21(24)17(22(28)25-23(27)31-20)12-16-10-11-18(19(13-16)29-2)30-14-15-8-5-4-6-9-15/h4-6,8-13,24H,3,7,14H2,1-2H3/b17-12-,24-21?. The average molecular weight is 435 g/mol. The van der Waals surface area contributed by atoms with E-state index in [0.717, 1.165) is 23.4 Å². The molecular weight excluding hydrogens is 412 g/mol. The van der Waals surface area contributed by atoms with E-state index in [0.29, 0.717) is 28.8 Å². The predicted molar refractivity (Wildman–Crippen MR) is 124 cm³/mol. The van der Waals surface area contributed by atoms with Gasteiger partial charge in [0.25, 0.3) is 5.91 Å². The molecule has 8 heteroatoms. The number of nitrogens with one attached hydrogen (secondary N) is 1. The number of nitrogens with zero attached hydrogens (tertiary/aromatic N) is 3. The quantitative estimate of drug-likeness (QED) is 0.639. The zero-order valence-corrected chi connectivity index (χ0v) is 18.1. The van der Waals surface area contributed by atoms with Crippen molar-refractivity contribution < 1.29 is 14.3 Å². The predicted octanol–water partition coefficient (Wildman–Crippen LogP) is 4.69. The average Bonchev–Trinajstić information content (AvgIpc) is 3.19. The molecule has 2 aliphatic heterocycles. The highest BCUT2D eigenvalue weighted by Gasteiger charge is 2.35. The zero-order chi connectivity index (χ0) is 21.8. The van der Waals surface area contributed by atoms with Crippen molar-refractivity contribution in [1.82, 2.24) is 5.01 Å². The third-order valence-electron chi connectivity index (χ3n) is 4.70. The van der Waals surface area contributed by atoms with Gasteiger partial charge in [0.2, 0.25) is 5.17 Å². The van der Waals surface area contributed by atoms with Gasteiger partial charge >= 0.3 is 0 Å². The van der Waals surface area contributed by atoms with Crippen molar-refractivity contribution in [1.29, 1.82) is 5.41 Å². The Hall–Kier alpha value is -3.39. The Bertz CT molecular complexity index is 1110. The first kappa shape index (κ1) is 20.9. The van der Waals surface area contributed by atoms with Crippen LogP contribution >= 0.6 is 11.8 Å². The largest absolute Gasteiger partial charge is 0.493 e. The van der Waals surface area contributed by atoms with Gasteiger partial charge in [-0.1, -0.05) is 43.3 Å². The number of carbonyl (C=O) groups excluding carboxylic acids is 1. The Labute approximate surface area is 185 Å². The van der Waals surface area contributed by atoms with Crippen LogP contribution in [0.1, 0.15) is 30.9 Å². The molecule has 31 heavy (non-hydrogen) atoms. The van der Waals surface area contributed by atoms with Gasteiger partial charge in [-0.3, -0.25) is 10.2 Å². The Morgan fingerprint density at radius 3 is 2.71 bits per heavy atom. The molecule has 0 radical (unpaired) electrons. The van der Waals surface area contributed by atoms with E-state index in [4.69, 9.17) is 14.9 Å². The van der Waals surface area contributed by atoms with Crippen molar-refractivity contribution in [2.24, 2.45) is 10.1 Å². The van der Waals surface area contributed by atoms with Crippen molar-refractivity contribution in [3.8, 4) is 11.5 Å². The van der Waals surface area contributed by atoms with Crippen LogP contribution in [0.15, 0.2) is 64.2 Å². The van der Waals surface area contributed by atoms with E-state index >= 15 is 0 Å². The van der Waals surface area contributed by atoms with E-state index in [1.165, 1.54) is 16.8 Å². The molecule has 2 heterocycles. The molecular formula is C23H22N4O3S. The SMILES string of the molecule is CCCC1=NN2C(=N)/C(=C/c3ccc(OCc4ccccc4)c(OC)c3)C(=O)N=C2S1. The van der Waals surface area contributed by atoms with Crippen LogP contribution in [-0.4, -0.2) is 34.1 Å². The summed E-state index contributed by atoms with van der Waals surface area (Å²) in [6.07, 6.45) is 3.37. The summed E-state index contributed by atoms with van der Waals surface area (Å²) < 4.78 is 11.4. The molecule has 0 fully saturated rings. The molecule has 2 aromatic carbocycles. The number of hydrazone groups is 1. The second kappa shape index (κ2) is 9.18. The summed E-state index contributed by atoms with van der Waals surface area (Å²) in [5.74, 6) is 0.727. The van der Waals surface area contributed by atoms with Crippen LogP contribution in [0.25, 0.3) is 6.08 Å². The van der Waals surface area contributed by atoms with Crippen molar-refractivity contribution in [2.75, 3.05) is 7.11 Å². The number of amidine groups is 2. The number of fused-ring (bicyclic) bond motifs is 1. The maximum Gasteiger partial charge on any atom is 0.283 e. The molecule has 0 spiro atoms. The van der Waals surface area contributed by atoms with E-state index in [2.05, 4.69) is 17.0 Å². The van der Waals surface area contributed by atoms with Crippen molar-refractivity contribution in [2.45, 2.75) is 26.4 Å². The fourth-order valence-electron chi connectivity index (χ4n) is 3.14. The lowest BCUT2D eigenvalue weighted by Gasteiger charge is -2.20. The Morgan fingerprint density at radius 2 is 1.97 bits per heavy atom. The number of ether oxygens (including phenoxy) is 2. The van der Waals surface area contributed by atoms with E-state index < -0.39 is 5.91 Å². The van der Waals surface area contributed by atoms with Crippen LogP contribution in [0, 0.1) is 5.41 Å². The van der Waals surface area contributed by atoms with Crippen molar-refractivity contribution >= 4 is 39.8 Å². The van der Waals surface area contributed by atoms with Crippen LogP contribution in [0.5, 0.6) is 11.5 Å². The topological polar surface area (TPSA) is 87.3 Å². The van der Waals surface area contributed by atoms with Gasteiger partial charge < -0.3 is 9.47 Å². The molecule has 0 unspecified atom stereocenters. The summed E-state index contributed by atoms with van der Waals surface area (Å²) in [5, 5.41) is 15.6. The van der Waals surface area contributed by atoms with E-state index in [-0.39, 0.29) is 11.4 Å². The van der Waals surface area contributed by atoms with E-state index in [1.807, 2.05) is 36.4 Å². The third kappa shape index (κ3) is 4.54. The third-order valence-corrected chi connectivity index (χ3v) is 5.66. The van der Waals surface area contributed by atoms with Gasteiger partial charge in [-0.25, -0.2) is 0 Å². The molecule has 0 saturated carbocycles. The minimum Gasteiger partial charge on any atom is -0.493 e. The molecule has 0 saturated heterocycles. The van der Waals surface area contributed by atoms with Gasteiger partial charge in [0.1, 0.15) is 11.7 Å². The van der Waals surface area contributed by atoms with Crippen LogP contribution in [0.3, 0.4) is 0 Å². The minimum atomic E-state index is -0.444.